The van der Waals surface area contributed by atoms with Crippen molar-refractivity contribution in [1.29, 1.82) is 0 Å². The number of hydrogen-bond acceptors (Lipinski definition) is 3. The first-order valence-electron chi connectivity index (χ1n) is 6.35. The molecule has 0 bridgehead atoms. The zero-order valence-corrected chi connectivity index (χ0v) is 10.2. The molecular weight excluding hydrogens is 204 g/mol. The first-order valence-corrected chi connectivity index (χ1v) is 6.35. The molecule has 2 aliphatic rings. The summed E-state index contributed by atoms with van der Waals surface area (Å²) in [6, 6.07) is 0.424. The van der Waals surface area contributed by atoms with Gasteiger partial charge in [-0.05, 0) is 25.2 Å². The van der Waals surface area contributed by atoms with Gasteiger partial charge in [0, 0.05) is 32.3 Å². The van der Waals surface area contributed by atoms with Crippen molar-refractivity contribution in [1.82, 2.24) is 10.2 Å². The van der Waals surface area contributed by atoms with Gasteiger partial charge in [0.15, 0.2) is 0 Å². The molecule has 16 heavy (non-hydrogen) atoms. The number of carbonyl (C=O) groups is 1. The number of ether oxygens (including phenoxy) is 1. The van der Waals surface area contributed by atoms with E-state index in [2.05, 4.69) is 12.2 Å². The Morgan fingerprint density at radius 1 is 1.44 bits per heavy atom. The van der Waals surface area contributed by atoms with Gasteiger partial charge in [-0.1, -0.05) is 6.92 Å². The van der Waals surface area contributed by atoms with Crippen molar-refractivity contribution < 1.29 is 9.53 Å². The third-order valence-electron chi connectivity index (χ3n) is 3.89. The molecule has 2 aliphatic heterocycles. The van der Waals surface area contributed by atoms with Crippen LogP contribution in [0.4, 0.5) is 0 Å². The van der Waals surface area contributed by atoms with Gasteiger partial charge in [0.1, 0.15) is 6.61 Å². The molecule has 2 rings (SSSR count). The monoisotopic (exact) mass is 226 g/mol. The number of rotatable bonds is 4. The van der Waals surface area contributed by atoms with E-state index in [1.165, 1.54) is 0 Å². The third-order valence-corrected chi connectivity index (χ3v) is 3.89. The smallest absolute Gasteiger partial charge is 0.248 e. The van der Waals surface area contributed by atoms with Crippen molar-refractivity contribution in [2.24, 2.45) is 11.8 Å². The summed E-state index contributed by atoms with van der Waals surface area (Å²) < 4.78 is 5.22. The van der Waals surface area contributed by atoms with Gasteiger partial charge >= 0.3 is 0 Å². The Morgan fingerprint density at radius 3 is 2.94 bits per heavy atom. The summed E-state index contributed by atoms with van der Waals surface area (Å²) >= 11 is 0. The van der Waals surface area contributed by atoms with Gasteiger partial charge in [0.25, 0.3) is 0 Å². The minimum atomic E-state index is 0.170. The lowest BCUT2D eigenvalue weighted by Gasteiger charge is -2.26. The average Bonchev–Trinajstić information content (AvgIpc) is 2.84. The van der Waals surface area contributed by atoms with Crippen molar-refractivity contribution in [2.45, 2.75) is 26.3 Å². The van der Waals surface area contributed by atoms with Crippen molar-refractivity contribution in [3.05, 3.63) is 0 Å². The summed E-state index contributed by atoms with van der Waals surface area (Å²) in [6.07, 6.45) is 1.06. The molecule has 3 atom stereocenters. The van der Waals surface area contributed by atoms with Crippen LogP contribution in [0.5, 0.6) is 0 Å². The highest BCUT2D eigenvalue weighted by atomic mass is 16.5. The maximum atomic E-state index is 12.0. The van der Waals surface area contributed by atoms with Gasteiger partial charge in [0.05, 0.1) is 0 Å². The van der Waals surface area contributed by atoms with Crippen LogP contribution in [0.1, 0.15) is 20.3 Å². The van der Waals surface area contributed by atoms with Crippen LogP contribution >= 0.6 is 0 Å². The SMILES string of the molecule is CCOCC(=O)N1CC2CNCC2C1CC. The summed E-state index contributed by atoms with van der Waals surface area (Å²) in [5.41, 5.74) is 0. The van der Waals surface area contributed by atoms with Gasteiger partial charge in [-0.25, -0.2) is 0 Å². The molecular formula is C12H22N2O2. The van der Waals surface area contributed by atoms with E-state index in [4.69, 9.17) is 4.74 Å². The van der Waals surface area contributed by atoms with Gasteiger partial charge in [0.2, 0.25) is 5.91 Å². The largest absolute Gasteiger partial charge is 0.372 e. The lowest BCUT2D eigenvalue weighted by Crippen LogP contribution is -2.41. The number of carbonyl (C=O) groups excluding carboxylic acids is 1. The van der Waals surface area contributed by atoms with E-state index < -0.39 is 0 Å². The average molecular weight is 226 g/mol. The molecule has 4 heteroatoms. The maximum absolute atomic E-state index is 12.0. The number of hydrogen-bond donors (Lipinski definition) is 1. The second kappa shape index (κ2) is 5.15. The number of fused-ring (bicyclic) bond motifs is 1. The van der Waals surface area contributed by atoms with Gasteiger partial charge in [-0.15, -0.1) is 0 Å². The van der Waals surface area contributed by atoms with E-state index in [1.54, 1.807) is 0 Å². The first kappa shape index (κ1) is 11.9. The van der Waals surface area contributed by atoms with Crippen molar-refractivity contribution in [3.8, 4) is 0 Å². The molecule has 1 N–H and O–H groups in total. The van der Waals surface area contributed by atoms with Gasteiger partial charge < -0.3 is 15.0 Å². The second-order valence-electron chi connectivity index (χ2n) is 4.74. The van der Waals surface area contributed by atoms with E-state index in [0.717, 1.165) is 26.1 Å². The predicted octanol–water partition coefficient (Wildman–Crippen LogP) is 0.479. The van der Waals surface area contributed by atoms with E-state index in [0.29, 0.717) is 24.5 Å². The molecule has 2 fully saturated rings. The van der Waals surface area contributed by atoms with E-state index in [1.807, 2.05) is 11.8 Å². The first-order chi connectivity index (χ1) is 7.77. The Hall–Kier alpha value is -0.610. The highest BCUT2D eigenvalue weighted by molar-refractivity contribution is 5.78. The van der Waals surface area contributed by atoms with Crippen LogP contribution < -0.4 is 5.32 Å². The lowest BCUT2D eigenvalue weighted by atomic mass is 9.93. The van der Waals surface area contributed by atoms with Crippen LogP contribution in [-0.4, -0.2) is 49.7 Å². The molecule has 0 aromatic rings. The molecule has 2 heterocycles. The molecule has 1 amide bonds. The molecule has 3 unspecified atom stereocenters. The van der Waals surface area contributed by atoms with Crippen LogP contribution in [0.15, 0.2) is 0 Å². The zero-order chi connectivity index (χ0) is 11.5. The molecule has 0 aromatic heterocycles. The lowest BCUT2D eigenvalue weighted by molar-refractivity contribution is -0.137. The fraction of sp³-hybridized carbons (Fsp3) is 0.917. The fourth-order valence-corrected chi connectivity index (χ4v) is 3.10. The van der Waals surface area contributed by atoms with Crippen molar-refractivity contribution in [2.75, 3.05) is 32.8 Å². The maximum Gasteiger partial charge on any atom is 0.248 e. The quantitative estimate of drug-likeness (QED) is 0.758. The summed E-state index contributed by atoms with van der Waals surface area (Å²) in [5, 5.41) is 3.42. The molecule has 0 radical (unpaired) electrons. The highest BCUT2D eigenvalue weighted by Crippen LogP contribution is 2.34. The minimum Gasteiger partial charge on any atom is -0.372 e. The Bertz CT molecular complexity index is 257. The van der Waals surface area contributed by atoms with Crippen LogP contribution in [0, 0.1) is 11.8 Å². The van der Waals surface area contributed by atoms with Crippen LogP contribution in [0.3, 0.4) is 0 Å². The Balaban J connectivity index is 1.97. The summed E-state index contributed by atoms with van der Waals surface area (Å²) in [4.78, 5) is 14.0. The summed E-state index contributed by atoms with van der Waals surface area (Å²) in [5.74, 6) is 1.49. The van der Waals surface area contributed by atoms with E-state index in [9.17, 15) is 4.79 Å². The van der Waals surface area contributed by atoms with Gasteiger partial charge in [-0.2, -0.15) is 0 Å². The molecule has 0 aliphatic carbocycles. The number of nitrogens with zero attached hydrogens (tertiary/aromatic N) is 1. The van der Waals surface area contributed by atoms with E-state index >= 15 is 0 Å². The molecule has 0 spiro atoms. The van der Waals surface area contributed by atoms with E-state index in [-0.39, 0.29) is 12.5 Å². The van der Waals surface area contributed by atoms with Crippen molar-refractivity contribution >= 4 is 5.91 Å². The standard InChI is InChI=1S/C12H22N2O2/c1-3-11-10-6-13-5-9(10)7-14(11)12(15)8-16-4-2/h9-11,13H,3-8H2,1-2H3. The summed E-state index contributed by atoms with van der Waals surface area (Å²) in [6.45, 7) is 8.02. The van der Waals surface area contributed by atoms with Crippen LogP contribution in [-0.2, 0) is 9.53 Å². The fourth-order valence-electron chi connectivity index (χ4n) is 3.10. The van der Waals surface area contributed by atoms with Crippen molar-refractivity contribution in [3.63, 3.8) is 0 Å². The normalized spacial score (nSPS) is 33.1. The molecule has 92 valence electrons. The van der Waals surface area contributed by atoms with Crippen LogP contribution in [0.2, 0.25) is 0 Å². The Morgan fingerprint density at radius 2 is 2.25 bits per heavy atom. The molecule has 2 saturated heterocycles. The Kier molecular flexibility index (Phi) is 3.82. The molecule has 0 aromatic carbocycles. The topological polar surface area (TPSA) is 41.6 Å². The zero-order valence-electron chi connectivity index (χ0n) is 10.2. The molecule has 4 nitrogen and oxygen atoms in total. The summed E-state index contributed by atoms with van der Waals surface area (Å²) in [7, 11) is 0. The van der Waals surface area contributed by atoms with Crippen LogP contribution in [0.25, 0.3) is 0 Å². The van der Waals surface area contributed by atoms with Gasteiger partial charge in [-0.3, -0.25) is 4.79 Å². The predicted molar refractivity (Wildman–Crippen MR) is 62.1 cm³/mol. The third kappa shape index (κ3) is 2.09. The second-order valence-corrected chi connectivity index (χ2v) is 4.74. The number of nitrogens with one attached hydrogen (secondary N) is 1. The minimum absolute atomic E-state index is 0.170. The number of likely N-dealkylation sites (tertiary alicyclic amines) is 1. The molecule has 0 saturated carbocycles. The highest BCUT2D eigenvalue weighted by Gasteiger charge is 2.44. The number of amides is 1. The Labute approximate surface area is 97.3 Å².